The number of amides is 1. The van der Waals surface area contributed by atoms with Gasteiger partial charge in [-0.1, -0.05) is 0 Å². The molecular weight excluding hydrogens is 252 g/mol. The molecule has 0 atom stereocenters. The average Bonchev–Trinajstić information content (AvgIpc) is 2.44. The van der Waals surface area contributed by atoms with E-state index in [9.17, 15) is 4.79 Å². The van der Waals surface area contributed by atoms with Crippen LogP contribution < -0.4 is 5.73 Å². The van der Waals surface area contributed by atoms with Crippen LogP contribution in [0.2, 0.25) is 0 Å². The number of hydrogen-bond acceptors (Lipinski definition) is 4. The Hall–Kier alpha value is -0.650. The lowest BCUT2D eigenvalue weighted by atomic mass is 9.96. The van der Waals surface area contributed by atoms with E-state index in [0.717, 1.165) is 32.0 Å². The second-order valence-electron chi connectivity index (χ2n) is 6.22. The van der Waals surface area contributed by atoms with E-state index in [0.29, 0.717) is 13.0 Å². The van der Waals surface area contributed by atoms with E-state index in [1.54, 1.807) is 4.90 Å². The predicted molar refractivity (Wildman–Crippen MR) is 83.6 cm³/mol. The number of carbonyl (C=O) groups excluding carboxylic acids is 1. The van der Waals surface area contributed by atoms with Gasteiger partial charge in [-0.3, -0.25) is 4.79 Å². The summed E-state index contributed by atoms with van der Waals surface area (Å²) >= 11 is 0. The standard InChI is InChI=1S/C15H32N4O/c1-17-10-5-14(6-11-17)13-18(2)12-7-15(20)19(3)9-4-8-16/h14H,4-13,16H2,1-3H3. The van der Waals surface area contributed by atoms with Crippen molar-refractivity contribution < 1.29 is 4.79 Å². The van der Waals surface area contributed by atoms with Gasteiger partial charge in [-0.05, 0) is 58.9 Å². The molecule has 1 aliphatic rings. The molecule has 0 unspecified atom stereocenters. The maximum atomic E-state index is 11.9. The monoisotopic (exact) mass is 284 g/mol. The molecule has 1 heterocycles. The lowest BCUT2D eigenvalue weighted by molar-refractivity contribution is -0.130. The van der Waals surface area contributed by atoms with Gasteiger partial charge in [-0.25, -0.2) is 0 Å². The second-order valence-corrected chi connectivity index (χ2v) is 6.22. The number of likely N-dealkylation sites (tertiary alicyclic amines) is 1. The fourth-order valence-electron chi connectivity index (χ4n) is 2.71. The van der Waals surface area contributed by atoms with Gasteiger partial charge in [0.2, 0.25) is 5.91 Å². The third kappa shape index (κ3) is 6.68. The van der Waals surface area contributed by atoms with E-state index in [2.05, 4.69) is 23.9 Å². The van der Waals surface area contributed by atoms with E-state index < -0.39 is 0 Å². The minimum atomic E-state index is 0.230. The van der Waals surface area contributed by atoms with Gasteiger partial charge in [-0.15, -0.1) is 0 Å². The fraction of sp³-hybridized carbons (Fsp3) is 0.933. The van der Waals surface area contributed by atoms with Crippen LogP contribution in [0.4, 0.5) is 0 Å². The highest BCUT2D eigenvalue weighted by Gasteiger charge is 2.18. The Morgan fingerprint density at radius 1 is 1.25 bits per heavy atom. The smallest absolute Gasteiger partial charge is 0.223 e. The lowest BCUT2D eigenvalue weighted by Gasteiger charge is -2.31. The first kappa shape index (κ1) is 17.4. The van der Waals surface area contributed by atoms with Gasteiger partial charge in [0.1, 0.15) is 0 Å². The van der Waals surface area contributed by atoms with E-state index in [1.807, 2.05) is 7.05 Å². The first-order valence-electron chi connectivity index (χ1n) is 7.84. The summed E-state index contributed by atoms with van der Waals surface area (Å²) in [6.45, 7) is 5.81. The molecule has 1 rings (SSSR count). The number of hydrogen-bond donors (Lipinski definition) is 1. The van der Waals surface area contributed by atoms with Gasteiger partial charge in [0.05, 0.1) is 0 Å². The van der Waals surface area contributed by atoms with Crippen LogP contribution in [-0.4, -0.2) is 81.0 Å². The van der Waals surface area contributed by atoms with Crippen molar-refractivity contribution in [3.63, 3.8) is 0 Å². The van der Waals surface area contributed by atoms with Crippen LogP contribution in [0.25, 0.3) is 0 Å². The second kappa shape index (κ2) is 9.32. The van der Waals surface area contributed by atoms with Crippen LogP contribution in [0, 0.1) is 5.92 Å². The van der Waals surface area contributed by atoms with Crippen LogP contribution in [0.5, 0.6) is 0 Å². The van der Waals surface area contributed by atoms with Crippen LogP contribution >= 0.6 is 0 Å². The Labute approximate surface area is 124 Å². The van der Waals surface area contributed by atoms with E-state index in [-0.39, 0.29) is 5.91 Å². The minimum Gasteiger partial charge on any atom is -0.346 e. The van der Waals surface area contributed by atoms with Crippen molar-refractivity contribution in [2.24, 2.45) is 11.7 Å². The number of nitrogens with zero attached hydrogens (tertiary/aromatic N) is 3. The molecule has 0 spiro atoms. The van der Waals surface area contributed by atoms with Crippen molar-refractivity contribution in [1.29, 1.82) is 0 Å². The molecule has 1 aliphatic heterocycles. The highest BCUT2D eigenvalue weighted by molar-refractivity contribution is 5.76. The van der Waals surface area contributed by atoms with Crippen molar-refractivity contribution in [3.8, 4) is 0 Å². The van der Waals surface area contributed by atoms with E-state index >= 15 is 0 Å². The first-order valence-corrected chi connectivity index (χ1v) is 7.84. The van der Waals surface area contributed by atoms with Crippen LogP contribution in [-0.2, 0) is 4.79 Å². The molecule has 5 heteroatoms. The molecule has 0 bridgehead atoms. The third-order valence-electron chi connectivity index (χ3n) is 4.24. The quantitative estimate of drug-likeness (QED) is 0.703. The number of carbonyl (C=O) groups is 1. The van der Waals surface area contributed by atoms with Gasteiger partial charge < -0.3 is 20.4 Å². The van der Waals surface area contributed by atoms with Gasteiger partial charge >= 0.3 is 0 Å². The number of piperidine rings is 1. The molecule has 2 N–H and O–H groups in total. The summed E-state index contributed by atoms with van der Waals surface area (Å²) in [7, 11) is 6.19. The van der Waals surface area contributed by atoms with Gasteiger partial charge in [-0.2, -0.15) is 0 Å². The molecule has 0 aromatic heterocycles. The molecule has 0 saturated carbocycles. The summed E-state index contributed by atoms with van der Waals surface area (Å²) in [5.74, 6) is 1.02. The van der Waals surface area contributed by atoms with Gasteiger partial charge in [0, 0.05) is 33.1 Å². The average molecular weight is 284 g/mol. The molecule has 0 aromatic carbocycles. The zero-order chi connectivity index (χ0) is 15.0. The third-order valence-corrected chi connectivity index (χ3v) is 4.24. The Morgan fingerprint density at radius 2 is 1.90 bits per heavy atom. The van der Waals surface area contributed by atoms with Gasteiger partial charge in [0.15, 0.2) is 0 Å². The van der Waals surface area contributed by atoms with Gasteiger partial charge in [0.25, 0.3) is 0 Å². The Kier molecular flexibility index (Phi) is 8.11. The topological polar surface area (TPSA) is 52.8 Å². The van der Waals surface area contributed by atoms with Crippen LogP contribution in [0.1, 0.15) is 25.7 Å². The van der Waals surface area contributed by atoms with Crippen LogP contribution in [0.3, 0.4) is 0 Å². The minimum absolute atomic E-state index is 0.230. The summed E-state index contributed by atoms with van der Waals surface area (Å²) in [5.41, 5.74) is 5.46. The number of nitrogens with two attached hydrogens (primary N) is 1. The van der Waals surface area contributed by atoms with E-state index in [4.69, 9.17) is 5.73 Å². The predicted octanol–water partition coefficient (Wildman–Crippen LogP) is 0.457. The Bertz CT molecular complexity index is 277. The van der Waals surface area contributed by atoms with Crippen LogP contribution in [0.15, 0.2) is 0 Å². The molecule has 5 nitrogen and oxygen atoms in total. The lowest BCUT2D eigenvalue weighted by Crippen LogP contribution is -2.37. The van der Waals surface area contributed by atoms with Crippen molar-refractivity contribution >= 4 is 5.91 Å². The molecule has 1 fully saturated rings. The molecular formula is C15H32N4O. The summed E-state index contributed by atoms with van der Waals surface area (Å²) < 4.78 is 0. The summed E-state index contributed by atoms with van der Waals surface area (Å²) in [4.78, 5) is 18.4. The first-order chi connectivity index (χ1) is 9.52. The molecule has 0 aromatic rings. The highest BCUT2D eigenvalue weighted by atomic mass is 16.2. The fourth-order valence-corrected chi connectivity index (χ4v) is 2.71. The van der Waals surface area contributed by atoms with Crippen molar-refractivity contribution in [2.45, 2.75) is 25.7 Å². The number of rotatable bonds is 8. The van der Waals surface area contributed by atoms with Crippen molar-refractivity contribution in [3.05, 3.63) is 0 Å². The summed E-state index contributed by atoms with van der Waals surface area (Å²) in [5, 5.41) is 0. The highest BCUT2D eigenvalue weighted by Crippen LogP contribution is 2.16. The maximum Gasteiger partial charge on any atom is 0.223 e. The summed E-state index contributed by atoms with van der Waals surface area (Å²) in [6, 6.07) is 0. The Balaban J connectivity index is 2.15. The zero-order valence-corrected chi connectivity index (χ0v) is 13.5. The molecule has 1 saturated heterocycles. The van der Waals surface area contributed by atoms with E-state index in [1.165, 1.54) is 25.9 Å². The maximum absolute atomic E-state index is 11.9. The normalized spacial score (nSPS) is 17.6. The van der Waals surface area contributed by atoms with Crippen molar-refractivity contribution in [1.82, 2.24) is 14.7 Å². The molecule has 20 heavy (non-hydrogen) atoms. The largest absolute Gasteiger partial charge is 0.346 e. The van der Waals surface area contributed by atoms with Crippen molar-refractivity contribution in [2.75, 3.05) is 60.4 Å². The zero-order valence-electron chi connectivity index (χ0n) is 13.5. The Morgan fingerprint density at radius 3 is 2.50 bits per heavy atom. The molecule has 1 amide bonds. The molecule has 0 radical (unpaired) electrons. The summed E-state index contributed by atoms with van der Waals surface area (Å²) in [6.07, 6.45) is 4.06. The molecule has 118 valence electrons. The SMILES string of the molecule is CN1CCC(CN(C)CCC(=O)N(C)CCCN)CC1. The molecule has 0 aliphatic carbocycles.